The first-order valence-electron chi connectivity index (χ1n) is 8.35. The third-order valence-corrected chi connectivity index (χ3v) is 4.80. The van der Waals surface area contributed by atoms with Gasteiger partial charge in [-0.05, 0) is 49.2 Å². The second kappa shape index (κ2) is 10.5. The van der Waals surface area contributed by atoms with Crippen LogP contribution >= 0.6 is 23.4 Å². The third-order valence-electron chi connectivity index (χ3n) is 3.51. The lowest BCUT2D eigenvalue weighted by Gasteiger charge is -2.09. The van der Waals surface area contributed by atoms with E-state index < -0.39 is 0 Å². The van der Waals surface area contributed by atoms with Crippen molar-refractivity contribution in [3.8, 4) is 0 Å². The molecule has 2 aromatic rings. The quantitative estimate of drug-likeness (QED) is 0.630. The number of benzene rings is 2. The van der Waals surface area contributed by atoms with E-state index in [9.17, 15) is 4.79 Å². The molecular formula is C20H24ClNO2S. The van der Waals surface area contributed by atoms with E-state index in [1.807, 2.05) is 62.4 Å². The van der Waals surface area contributed by atoms with Gasteiger partial charge in [0.1, 0.15) is 0 Å². The number of thioether (sulfide) groups is 1. The molecule has 2 aromatic carbocycles. The zero-order chi connectivity index (χ0) is 18.1. The van der Waals surface area contributed by atoms with E-state index in [-0.39, 0.29) is 12.0 Å². The summed E-state index contributed by atoms with van der Waals surface area (Å²) >= 11 is 7.66. The van der Waals surface area contributed by atoms with Gasteiger partial charge in [0.25, 0.3) is 5.91 Å². The molecule has 134 valence electrons. The van der Waals surface area contributed by atoms with Gasteiger partial charge in [0.2, 0.25) is 0 Å². The van der Waals surface area contributed by atoms with Gasteiger partial charge in [-0.3, -0.25) is 4.79 Å². The Hall–Kier alpha value is -1.49. The molecule has 0 fully saturated rings. The molecule has 0 bridgehead atoms. The van der Waals surface area contributed by atoms with E-state index in [4.69, 9.17) is 16.3 Å². The molecule has 25 heavy (non-hydrogen) atoms. The highest BCUT2D eigenvalue weighted by molar-refractivity contribution is 7.98. The lowest BCUT2D eigenvalue weighted by atomic mass is 10.1. The Kier molecular flexibility index (Phi) is 8.32. The van der Waals surface area contributed by atoms with Crippen LogP contribution in [0, 0.1) is 0 Å². The molecule has 0 saturated carbocycles. The number of rotatable bonds is 9. The molecule has 2 rings (SSSR count). The Morgan fingerprint density at radius 1 is 1.08 bits per heavy atom. The Labute approximate surface area is 159 Å². The highest BCUT2D eigenvalue weighted by Gasteiger charge is 2.05. The number of nitrogens with one attached hydrogen (secondary N) is 1. The van der Waals surface area contributed by atoms with Crippen LogP contribution in [0.5, 0.6) is 0 Å². The number of ether oxygens (including phenoxy) is 1. The summed E-state index contributed by atoms with van der Waals surface area (Å²) in [4.78, 5) is 12.1. The summed E-state index contributed by atoms with van der Waals surface area (Å²) < 4.78 is 5.55. The molecule has 0 heterocycles. The topological polar surface area (TPSA) is 38.3 Å². The van der Waals surface area contributed by atoms with Crippen molar-refractivity contribution in [1.29, 1.82) is 0 Å². The smallest absolute Gasteiger partial charge is 0.251 e. The Balaban J connectivity index is 1.66. The van der Waals surface area contributed by atoms with Gasteiger partial charge < -0.3 is 10.1 Å². The Bertz CT molecular complexity index is 656. The largest absolute Gasteiger partial charge is 0.374 e. The molecule has 0 aliphatic rings. The van der Waals surface area contributed by atoms with Crippen molar-refractivity contribution in [2.24, 2.45) is 0 Å². The molecule has 1 amide bonds. The molecular weight excluding hydrogens is 354 g/mol. The third kappa shape index (κ3) is 7.51. The van der Waals surface area contributed by atoms with Gasteiger partial charge in [0, 0.05) is 28.6 Å². The first-order chi connectivity index (χ1) is 12.0. The van der Waals surface area contributed by atoms with Crippen molar-refractivity contribution < 1.29 is 9.53 Å². The van der Waals surface area contributed by atoms with Crippen LogP contribution in [-0.4, -0.2) is 24.3 Å². The number of carbonyl (C=O) groups is 1. The predicted molar refractivity (Wildman–Crippen MR) is 106 cm³/mol. The molecule has 0 atom stereocenters. The SMILES string of the molecule is CC(C)OCc1ccc(C(=O)NCCSCc2ccc(Cl)cc2)cc1. The number of hydrogen-bond donors (Lipinski definition) is 1. The molecule has 0 radical (unpaired) electrons. The van der Waals surface area contributed by atoms with Gasteiger partial charge in [-0.2, -0.15) is 11.8 Å². The Morgan fingerprint density at radius 3 is 2.36 bits per heavy atom. The minimum Gasteiger partial charge on any atom is -0.374 e. The maximum atomic E-state index is 12.1. The molecule has 5 heteroatoms. The summed E-state index contributed by atoms with van der Waals surface area (Å²) in [5, 5.41) is 3.70. The van der Waals surface area contributed by atoms with Crippen molar-refractivity contribution in [1.82, 2.24) is 5.32 Å². The van der Waals surface area contributed by atoms with E-state index in [1.54, 1.807) is 11.8 Å². The molecule has 0 aliphatic heterocycles. The molecule has 1 N–H and O–H groups in total. The zero-order valence-corrected chi connectivity index (χ0v) is 16.2. The van der Waals surface area contributed by atoms with E-state index in [1.165, 1.54) is 5.56 Å². The van der Waals surface area contributed by atoms with Crippen LogP contribution in [0.4, 0.5) is 0 Å². The number of halogens is 1. The van der Waals surface area contributed by atoms with Crippen LogP contribution in [0.1, 0.15) is 35.3 Å². The minimum absolute atomic E-state index is 0.0385. The number of amides is 1. The van der Waals surface area contributed by atoms with Gasteiger partial charge in [-0.15, -0.1) is 0 Å². The fourth-order valence-electron chi connectivity index (χ4n) is 2.12. The average Bonchev–Trinajstić information content (AvgIpc) is 2.61. The standard InChI is InChI=1S/C20H24ClNO2S/c1-15(2)24-13-16-3-7-18(8-4-16)20(23)22-11-12-25-14-17-5-9-19(21)10-6-17/h3-10,15H,11-14H2,1-2H3,(H,22,23). The predicted octanol–water partition coefficient (Wildman–Crippen LogP) is 4.93. The van der Waals surface area contributed by atoms with Crippen LogP contribution in [0.25, 0.3) is 0 Å². The summed E-state index contributed by atoms with van der Waals surface area (Å²) in [6.45, 7) is 5.23. The zero-order valence-electron chi connectivity index (χ0n) is 14.6. The van der Waals surface area contributed by atoms with Crippen molar-refractivity contribution in [2.75, 3.05) is 12.3 Å². The lowest BCUT2D eigenvalue weighted by Crippen LogP contribution is -2.25. The number of carbonyl (C=O) groups excluding carboxylic acids is 1. The lowest BCUT2D eigenvalue weighted by molar-refractivity contribution is 0.0657. The van der Waals surface area contributed by atoms with Crippen LogP contribution in [0.3, 0.4) is 0 Å². The Morgan fingerprint density at radius 2 is 1.72 bits per heavy atom. The van der Waals surface area contributed by atoms with E-state index >= 15 is 0 Å². The summed E-state index contributed by atoms with van der Waals surface area (Å²) in [5.74, 6) is 1.75. The summed E-state index contributed by atoms with van der Waals surface area (Å²) in [6.07, 6.45) is 0.202. The molecule has 0 unspecified atom stereocenters. The second-order valence-electron chi connectivity index (χ2n) is 5.99. The maximum absolute atomic E-state index is 12.1. The molecule has 0 aliphatic carbocycles. The van der Waals surface area contributed by atoms with Crippen LogP contribution in [0.2, 0.25) is 5.02 Å². The van der Waals surface area contributed by atoms with Gasteiger partial charge in [-0.1, -0.05) is 35.9 Å². The highest BCUT2D eigenvalue weighted by Crippen LogP contribution is 2.15. The highest BCUT2D eigenvalue weighted by atomic mass is 35.5. The first-order valence-corrected chi connectivity index (χ1v) is 9.89. The van der Waals surface area contributed by atoms with Gasteiger partial charge in [-0.25, -0.2) is 0 Å². The summed E-state index contributed by atoms with van der Waals surface area (Å²) in [7, 11) is 0. The van der Waals surface area contributed by atoms with E-state index in [0.29, 0.717) is 18.7 Å². The van der Waals surface area contributed by atoms with Crippen molar-refractivity contribution in [3.63, 3.8) is 0 Å². The minimum atomic E-state index is -0.0385. The van der Waals surface area contributed by atoms with Crippen molar-refractivity contribution in [2.45, 2.75) is 32.3 Å². The molecule has 0 spiro atoms. The van der Waals surface area contributed by atoms with Gasteiger partial charge >= 0.3 is 0 Å². The summed E-state index contributed by atoms with van der Waals surface area (Å²) in [6, 6.07) is 15.4. The fourth-order valence-corrected chi connectivity index (χ4v) is 3.07. The second-order valence-corrected chi connectivity index (χ2v) is 7.53. The average molecular weight is 378 g/mol. The first kappa shape index (κ1) is 19.8. The maximum Gasteiger partial charge on any atom is 0.251 e. The van der Waals surface area contributed by atoms with E-state index in [2.05, 4.69) is 5.32 Å². The van der Waals surface area contributed by atoms with Crippen LogP contribution < -0.4 is 5.32 Å². The fraction of sp³-hybridized carbons (Fsp3) is 0.350. The normalized spacial score (nSPS) is 10.9. The van der Waals surface area contributed by atoms with Gasteiger partial charge in [0.05, 0.1) is 12.7 Å². The molecule has 0 aromatic heterocycles. The van der Waals surface area contributed by atoms with Crippen molar-refractivity contribution >= 4 is 29.3 Å². The van der Waals surface area contributed by atoms with Crippen molar-refractivity contribution in [3.05, 3.63) is 70.2 Å². The van der Waals surface area contributed by atoms with Gasteiger partial charge in [0.15, 0.2) is 0 Å². The number of hydrogen-bond acceptors (Lipinski definition) is 3. The van der Waals surface area contributed by atoms with Crippen LogP contribution in [0.15, 0.2) is 48.5 Å². The van der Waals surface area contributed by atoms with Crippen LogP contribution in [-0.2, 0) is 17.1 Å². The van der Waals surface area contributed by atoms with E-state index in [0.717, 1.165) is 22.1 Å². The summed E-state index contributed by atoms with van der Waals surface area (Å²) in [5.41, 5.74) is 2.99. The molecule has 0 saturated heterocycles. The molecule has 3 nitrogen and oxygen atoms in total. The monoisotopic (exact) mass is 377 g/mol.